The summed E-state index contributed by atoms with van der Waals surface area (Å²) in [6, 6.07) is 5.07. The number of hydrogen-bond donors (Lipinski definition) is 2. The molecule has 0 radical (unpaired) electrons. The molecule has 0 atom stereocenters. The summed E-state index contributed by atoms with van der Waals surface area (Å²) >= 11 is 0. The zero-order valence-corrected chi connectivity index (χ0v) is 12.2. The molecule has 0 amide bonds. The third-order valence-corrected chi connectivity index (χ3v) is 4.20. The van der Waals surface area contributed by atoms with E-state index in [4.69, 9.17) is 0 Å². The number of benzene rings is 1. The fourth-order valence-electron chi connectivity index (χ4n) is 2.86. The Morgan fingerprint density at radius 1 is 1.20 bits per heavy atom. The van der Waals surface area contributed by atoms with Gasteiger partial charge < -0.3 is 10.6 Å². The molecule has 0 spiro atoms. The number of anilines is 2. The van der Waals surface area contributed by atoms with Crippen LogP contribution in [0, 0.1) is 15.5 Å². The highest BCUT2D eigenvalue weighted by Gasteiger charge is 2.26. The first-order valence-corrected chi connectivity index (χ1v) is 7.24. The molecule has 0 bridgehead atoms. The Hall–Kier alpha value is -1.78. The predicted molar refractivity (Wildman–Crippen MR) is 82.3 cm³/mol. The van der Waals surface area contributed by atoms with Crippen LogP contribution in [-0.4, -0.2) is 18.5 Å². The molecule has 20 heavy (non-hydrogen) atoms. The van der Waals surface area contributed by atoms with Crippen molar-refractivity contribution in [3.8, 4) is 0 Å². The monoisotopic (exact) mass is 277 g/mol. The summed E-state index contributed by atoms with van der Waals surface area (Å²) in [5.41, 5.74) is 2.00. The number of nitrogens with zero attached hydrogens (tertiary/aromatic N) is 1. The van der Waals surface area contributed by atoms with E-state index in [9.17, 15) is 10.1 Å². The quantitative estimate of drug-likeness (QED) is 0.630. The maximum atomic E-state index is 10.9. The lowest BCUT2D eigenvalue weighted by Gasteiger charge is -2.34. The molecule has 2 N–H and O–H groups in total. The summed E-state index contributed by atoms with van der Waals surface area (Å²) < 4.78 is 0. The Labute approximate surface area is 119 Å². The van der Waals surface area contributed by atoms with Gasteiger partial charge in [0.05, 0.1) is 4.92 Å². The molecule has 5 heteroatoms. The Bertz CT molecular complexity index is 482. The van der Waals surface area contributed by atoms with Crippen LogP contribution in [0.3, 0.4) is 0 Å². The molecule has 110 valence electrons. The Balaban J connectivity index is 2.08. The van der Waals surface area contributed by atoms with Crippen LogP contribution >= 0.6 is 0 Å². The van der Waals surface area contributed by atoms with Crippen molar-refractivity contribution in [2.75, 3.05) is 24.2 Å². The molecule has 0 aromatic heterocycles. The van der Waals surface area contributed by atoms with E-state index in [0.29, 0.717) is 5.41 Å². The molecule has 1 aromatic rings. The summed E-state index contributed by atoms with van der Waals surface area (Å²) in [7, 11) is 1.77. The highest BCUT2D eigenvalue weighted by Crippen LogP contribution is 2.36. The van der Waals surface area contributed by atoms with Crippen LogP contribution in [0.1, 0.15) is 39.0 Å². The molecule has 1 saturated carbocycles. The zero-order valence-electron chi connectivity index (χ0n) is 12.2. The minimum absolute atomic E-state index is 0.119. The van der Waals surface area contributed by atoms with Crippen LogP contribution in [0.15, 0.2) is 18.2 Å². The van der Waals surface area contributed by atoms with Crippen LogP contribution in [0.25, 0.3) is 0 Å². The van der Waals surface area contributed by atoms with Gasteiger partial charge in [0.25, 0.3) is 5.69 Å². The number of nitro groups is 1. The number of non-ortho nitro benzene ring substituents is 1. The second kappa shape index (κ2) is 6.11. The van der Waals surface area contributed by atoms with Crippen LogP contribution in [-0.2, 0) is 0 Å². The van der Waals surface area contributed by atoms with Gasteiger partial charge in [-0.05, 0) is 24.3 Å². The van der Waals surface area contributed by atoms with Gasteiger partial charge in [0, 0.05) is 37.1 Å². The van der Waals surface area contributed by atoms with Crippen LogP contribution in [0.4, 0.5) is 17.1 Å². The highest BCUT2D eigenvalue weighted by molar-refractivity contribution is 5.63. The third-order valence-electron chi connectivity index (χ3n) is 4.20. The van der Waals surface area contributed by atoms with Gasteiger partial charge in [-0.15, -0.1) is 0 Å². The van der Waals surface area contributed by atoms with Crippen molar-refractivity contribution >= 4 is 17.1 Å². The molecule has 2 rings (SSSR count). The molecular formula is C15H23N3O2. The maximum Gasteiger partial charge on any atom is 0.273 e. The first-order valence-electron chi connectivity index (χ1n) is 7.24. The van der Waals surface area contributed by atoms with Gasteiger partial charge in [-0.1, -0.05) is 26.2 Å². The number of nitro benzene ring substituents is 1. The van der Waals surface area contributed by atoms with Crippen molar-refractivity contribution in [2.45, 2.75) is 39.0 Å². The van der Waals surface area contributed by atoms with E-state index in [1.54, 1.807) is 19.2 Å². The minimum atomic E-state index is -0.353. The predicted octanol–water partition coefficient (Wildman–Crippen LogP) is 4.02. The van der Waals surface area contributed by atoms with Crippen LogP contribution < -0.4 is 10.6 Å². The fourth-order valence-corrected chi connectivity index (χ4v) is 2.86. The number of rotatable bonds is 5. The lowest BCUT2D eigenvalue weighted by molar-refractivity contribution is -0.384. The van der Waals surface area contributed by atoms with Gasteiger partial charge in [-0.2, -0.15) is 0 Å². The van der Waals surface area contributed by atoms with Crippen LogP contribution in [0.2, 0.25) is 0 Å². The highest BCUT2D eigenvalue weighted by atomic mass is 16.6. The molecule has 1 aliphatic rings. The molecule has 0 aliphatic heterocycles. The Kier molecular flexibility index (Phi) is 4.47. The van der Waals surface area contributed by atoms with Gasteiger partial charge >= 0.3 is 0 Å². The van der Waals surface area contributed by atoms with Crippen molar-refractivity contribution < 1.29 is 4.92 Å². The van der Waals surface area contributed by atoms with Gasteiger partial charge in [-0.3, -0.25) is 10.1 Å². The Morgan fingerprint density at radius 3 is 2.45 bits per heavy atom. The van der Waals surface area contributed by atoms with Crippen molar-refractivity contribution in [3.05, 3.63) is 28.3 Å². The van der Waals surface area contributed by atoms with Gasteiger partial charge in [0.15, 0.2) is 0 Å². The third kappa shape index (κ3) is 3.62. The normalized spacial score (nSPS) is 17.5. The van der Waals surface area contributed by atoms with Crippen molar-refractivity contribution in [1.29, 1.82) is 0 Å². The van der Waals surface area contributed by atoms with E-state index in [0.717, 1.165) is 17.9 Å². The molecule has 5 nitrogen and oxygen atoms in total. The summed E-state index contributed by atoms with van der Waals surface area (Å²) in [5, 5.41) is 17.3. The Morgan fingerprint density at radius 2 is 1.85 bits per heavy atom. The van der Waals surface area contributed by atoms with E-state index in [1.165, 1.54) is 32.1 Å². The second-order valence-corrected chi connectivity index (χ2v) is 6.00. The second-order valence-electron chi connectivity index (χ2n) is 6.00. The van der Waals surface area contributed by atoms with E-state index >= 15 is 0 Å². The lowest BCUT2D eigenvalue weighted by Crippen LogP contribution is -2.28. The van der Waals surface area contributed by atoms with Crippen molar-refractivity contribution in [2.24, 2.45) is 5.41 Å². The minimum Gasteiger partial charge on any atom is -0.388 e. The summed E-state index contributed by atoms with van der Waals surface area (Å²) in [6.07, 6.45) is 6.36. The van der Waals surface area contributed by atoms with Crippen molar-refractivity contribution in [1.82, 2.24) is 0 Å². The molecule has 0 heterocycles. The maximum absolute atomic E-state index is 10.9. The lowest BCUT2D eigenvalue weighted by atomic mass is 9.76. The first-order chi connectivity index (χ1) is 9.52. The molecule has 0 saturated heterocycles. The summed E-state index contributed by atoms with van der Waals surface area (Å²) in [5.74, 6) is 0. The first kappa shape index (κ1) is 14.6. The molecule has 1 aromatic carbocycles. The molecular weight excluding hydrogens is 254 g/mol. The topological polar surface area (TPSA) is 67.2 Å². The average Bonchev–Trinajstić information content (AvgIpc) is 2.45. The van der Waals surface area contributed by atoms with E-state index in [-0.39, 0.29) is 10.6 Å². The van der Waals surface area contributed by atoms with E-state index < -0.39 is 0 Å². The number of nitrogens with one attached hydrogen (secondary N) is 2. The molecule has 1 fully saturated rings. The summed E-state index contributed by atoms with van der Waals surface area (Å²) in [4.78, 5) is 10.6. The zero-order chi connectivity index (χ0) is 14.6. The van der Waals surface area contributed by atoms with Gasteiger partial charge in [0.2, 0.25) is 0 Å². The molecule has 1 aliphatic carbocycles. The smallest absolute Gasteiger partial charge is 0.273 e. The standard InChI is InChI=1S/C15H23N3O2/c1-15(6-4-3-5-7-15)11-17-13-8-12(16-2)9-14(10-13)18(19)20/h8-10,16-17H,3-7,11H2,1-2H3. The summed E-state index contributed by atoms with van der Waals surface area (Å²) in [6.45, 7) is 3.17. The van der Waals surface area contributed by atoms with Gasteiger partial charge in [0.1, 0.15) is 0 Å². The average molecular weight is 277 g/mol. The van der Waals surface area contributed by atoms with E-state index in [1.807, 2.05) is 6.07 Å². The largest absolute Gasteiger partial charge is 0.388 e. The van der Waals surface area contributed by atoms with Crippen LogP contribution in [0.5, 0.6) is 0 Å². The van der Waals surface area contributed by atoms with Crippen molar-refractivity contribution in [3.63, 3.8) is 0 Å². The SMILES string of the molecule is CNc1cc(NCC2(C)CCCCC2)cc([N+](=O)[O-])c1. The fraction of sp³-hybridized carbons (Fsp3) is 0.600. The molecule has 0 unspecified atom stereocenters. The van der Waals surface area contributed by atoms with Gasteiger partial charge in [-0.25, -0.2) is 0 Å². The van der Waals surface area contributed by atoms with E-state index in [2.05, 4.69) is 17.6 Å². The number of hydrogen-bond acceptors (Lipinski definition) is 4.